The quantitative estimate of drug-likeness (QED) is 0.270. The van der Waals surface area contributed by atoms with Gasteiger partial charge in [0.25, 0.3) is 0 Å². The lowest BCUT2D eigenvalue weighted by molar-refractivity contribution is 0.439. The number of rotatable bonds is 15. The molecular weight excluding hydrogens is 360 g/mol. The van der Waals surface area contributed by atoms with Crippen molar-refractivity contribution in [3.05, 3.63) is 23.8 Å². The highest BCUT2D eigenvalue weighted by Crippen LogP contribution is 2.29. The molecule has 0 radical (unpaired) electrons. The van der Waals surface area contributed by atoms with Gasteiger partial charge in [-0.05, 0) is 31.9 Å². The molecule has 0 spiro atoms. The molecule has 1 aromatic rings. The van der Waals surface area contributed by atoms with Crippen LogP contribution in [0.5, 0.6) is 11.5 Å². The van der Waals surface area contributed by atoms with Crippen LogP contribution in [0.3, 0.4) is 0 Å². The molecule has 1 atom stereocenters. The normalized spacial score (nSPS) is 12.9. The third-order valence-corrected chi connectivity index (χ3v) is 6.83. The Kier molecular flexibility index (Phi) is 11.5. The number of benzene rings is 1. The first-order valence-electron chi connectivity index (χ1n) is 10.6. The predicted octanol–water partition coefficient (Wildman–Crippen LogP) is 6.50. The fourth-order valence-electron chi connectivity index (χ4n) is 3.27. The van der Waals surface area contributed by atoms with Crippen LogP contribution in [0.4, 0.5) is 0 Å². The predicted molar refractivity (Wildman–Crippen MR) is 113 cm³/mol. The maximum Gasteiger partial charge on any atom is 0.312 e. The summed E-state index contributed by atoms with van der Waals surface area (Å²) in [4.78, 5) is 0. The van der Waals surface area contributed by atoms with Crippen molar-refractivity contribution in [1.82, 2.24) is 0 Å². The van der Waals surface area contributed by atoms with Crippen molar-refractivity contribution in [3.8, 4) is 11.5 Å². The molecule has 1 aromatic carbocycles. The average Bonchev–Trinajstić information content (AvgIpc) is 2.63. The van der Waals surface area contributed by atoms with Gasteiger partial charge in [0.1, 0.15) is 11.5 Å². The highest BCUT2D eigenvalue weighted by molar-refractivity contribution is 7.87. The van der Waals surface area contributed by atoms with Crippen LogP contribution in [0.25, 0.3) is 0 Å². The summed E-state index contributed by atoms with van der Waals surface area (Å²) in [7, 11) is -3.71. The van der Waals surface area contributed by atoms with Crippen LogP contribution in [0.1, 0.15) is 96.5 Å². The molecule has 0 fully saturated rings. The lowest BCUT2D eigenvalue weighted by Crippen LogP contribution is -2.26. The molecule has 0 amide bonds. The van der Waals surface area contributed by atoms with Gasteiger partial charge < -0.3 is 9.29 Å². The Morgan fingerprint density at radius 2 is 1.41 bits per heavy atom. The highest BCUT2D eigenvalue weighted by atomic mass is 32.2. The minimum Gasteiger partial charge on any atom is -0.508 e. The fraction of sp³-hybridized carbons (Fsp3) is 0.727. The van der Waals surface area contributed by atoms with Crippen LogP contribution in [0.2, 0.25) is 0 Å². The molecule has 0 aliphatic heterocycles. The van der Waals surface area contributed by atoms with E-state index in [1.165, 1.54) is 38.2 Å². The molecule has 1 rings (SSSR count). The molecule has 4 nitrogen and oxygen atoms in total. The third kappa shape index (κ3) is 9.00. The molecule has 0 heterocycles. The van der Waals surface area contributed by atoms with E-state index in [-0.39, 0.29) is 11.5 Å². The monoisotopic (exact) mass is 398 g/mol. The average molecular weight is 399 g/mol. The van der Waals surface area contributed by atoms with E-state index < -0.39 is 15.4 Å². The van der Waals surface area contributed by atoms with Crippen LogP contribution >= 0.6 is 0 Å². The van der Waals surface area contributed by atoms with Gasteiger partial charge in [0.2, 0.25) is 0 Å². The molecule has 0 aliphatic carbocycles. The van der Waals surface area contributed by atoms with Gasteiger partial charge in [-0.25, -0.2) is 0 Å². The van der Waals surface area contributed by atoms with Gasteiger partial charge >= 0.3 is 10.1 Å². The summed E-state index contributed by atoms with van der Waals surface area (Å²) in [6, 6.07) is 4.74. The van der Waals surface area contributed by atoms with Crippen molar-refractivity contribution in [2.24, 2.45) is 0 Å². The summed E-state index contributed by atoms with van der Waals surface area (Å²) in [5.41, 5.74) is 0.462. The first kappa shape index (κ1) is 23.8. The Labute approximate surface area is 166 Å². The minimum absolute atomic E-state index is 0.0531. The van der Waals surface area contributed by atoms with Crippen molar-refractivity contribution in [2.45, 2.75) is 103 Å². The standard InChI is InChI=1S/C22H38O4S/c1-4-6-8-9-10-11-13-16-20(15-12-7-5-2)27(24,25)26-22-18-14-17-21(23)19(22)3/h14,17-18,20,23H,4-13,15-16H2,1-3H3. The number of phenolic OH excluding ortho intramolecular Hbond substituents is 1. The van der Waals surface area contributed by atoms with Gasteiger partial charge in [-0.15, -0.1) is 0 Å². The first-order valence-corrected chi connectivity index (χ1v) is 12.1. The molecule has 156 valence electrons. The van der Waals surface area contributed by atoms with Crippen molar-refractivity contribution in [3.63, 3.8) is 0 Å². The zero-order valence-corrected chi connectivity index (χ0v) is 18.2. The van der Waals surface area contributed by atoms with Gasteiger partial charge in [0.05, 0.1) is 5.25 Å². The van der Waals surface area contributed by atoms with Crippen LogP contribution in [-0.4, -0.2) is 18.8 Å². The van der Waals surface area contributed by atoms with E-state index in [2.05, 4.69) is 13.8 Å². The number of unbranched alkanes of at least 4 members (excludes halogenated alkanes) is 8. The highest BCUT2D eigenvalue weighted by Gasteiger charge is 2.27. The number of aromatic hydroxyl groups is 1. The van der Waals surface area contributed by atoms with Crippen LogP contribution < -0.4 is 4.18 Å². The van der Waals surface area contributed by atoms with Gasteiger partial charge in [-0.3, -0.25) is 0 Å². The second-order valence-corrected chi connectivity index (χ2v) is 9.32. The Morgan fingerprint density at radius 3 is 2.04 bits per heavy atom. The van der Waals surface area contributed by atoms with Crippen LogP contribution in [0.15, 0.2) is 18.2 Å². The summed E-state index contributed by atoms with van der Waals surface area (Å²) in [5, 5.41) is 9.33. The summed E-state index contributed by atoms with van der Waals surface area (Å²) in [5.74, 6) is 0.285. The van der Waals surface area contributed by atoms with Crippen molar-refractivity contribution in [2.75, 3.05) is 0 Å². The molecular formula is C22H38O4S. The number of hydrogen-bond donors (Lipinski definition) is 1. The summed E-state index contributed by atoms with van der Waals surface area (Å²) in [6.45, 7) is 5.99. The Morgan fingerprint density at radius 1 is 0.889 bits per heavy atom. The van der Waals surface area contributed by atoms with E-state index in [1.54, 1.807) is 19.1 Å². The maximum atomic E-state index is 12.9. The summed E-state index contributed by atoms with van der Waals surface area (Å²) < 4.78 is 31.1. The van der Waals surface area contributed by atoms with Gasteiger partial charge in [0.15, 0.2) is 0 Å². The van der Waals surface area contributed by atoms with E-state index >= 15 is 0 Å². The topological polar surface area (TPSA) is 63.6 Å². The molecule has 5 heteroatoms. The first-order chi connectivity index (χ1) is 12.9. The van der Waals surface area contributed by atoms with E-state index in [4.69, 9.17) is 4.18 Å². The second kappa shape index (κ2) is 13.0. The van der Waals surface area contributed by atoms with Crippen molar-refractivity contribution < 1.29 is 17.7 Å². The Balaban J connectivity index is 2.65. The van der Waals surface area contributed by atoms with E-state index in [0.29, 0.717) is 18.4 Å². The molecule has 0 aromatic heterocycles. The van der Waals surface area contributed by atoms with Crippen LogP contribution in [-0.2, 0) is 10.1 Å². The molecule has 0 bridgehead atoms. The molecule has 0 aliphatic rings. The molecule has 0 saturated heterocycles. The van der Waals surface area contributed by atoms with Crippen LogP contribution in [0, 0.1) is 6.92 Å². The fourth-order valence-corrected chi connectivity index (χ4v) is 4.75. The number of hydrogen-bond acceptors (Lipinski definition) is 4. The van der Waals surface area contributed by atoms with Gasteiger partial charge in [0, 0.05) is 5.56 Å². The maximum absolute atomic E-state index is 12.9. The molecule has 1 unspecified atom stereocenters. The Bertz CT molecular complexity index is 625. The molecule has 0 saturated carbocycles. The number of phenols is 1. The third-order valence-electron chi connectivity index (χ3n) is 5.13. The largest absolute Gasteiger partial charge is 0.508 e. The SMILES string of the molecule is CCCCCCCCCC(CCCCC)S(=O)(=O)Oc1cccc(O)c1C. The minimum atomic E-state index is -3.71. The lowest BCUT2D eigenvalue weighted by atomic mass is 10.0. The summed E-state index contributed by atoms with van der Waals surface area (Å²) in [6.07, 6.45) is 12.5. The van der Waals surface area contributed by atoms with Gasteiger partial charge in [-0.1, -0.05) is 84.1 Å². The second-order valence-electron chi connectivity index (χ2n) is 7.50. The van der Waals surface area contributed by atoms with Crippen molar-refractivity contribution >= 4 is 10.1 Å². The summed E-state index contributed by atoms with van der Waals surface area (Å²) >= 11 is 0. The van der Waals surface area contributed by atoms with E-state index in [1.807, 2.05) is 0 Å². The van der Waals surface area contributed by atoms with Gasteiger partial charge in [-0.2, -0.15) is 8.42 Å². The van der Waals surface area contributed by atoms with E-state index in [0.717, 1.165) is 32.1 Å². The van der Waals surface area contributed by atoms with Crippen molar-refractivity contribution in [1.29, 1.82) is 0 Å². The smallest absolute Gasteiger partial charge is 0.312 e. The molecule has 1 N–H and O–H groups in total. The zero-order valence-electron chi connectivity index (χ0n) is 17.4. The Hall–Kier alpha value is -1.23. The van der Waals surface area contributed by atoms with E-state index in [9.17, 15) is 13.5 Å². The molecule has 27 heavy (non-hydrogen) atoms. The lowest BCUT2D eigenvalue weighted by Gasteiger charge is -2.19. The zero-order chi connectivity index (χ0) is 20.1.